The Kier molecular flexibility index (Phi) is 12.1. The van der Waals surface area contributed by atoms with Crippen molar-refractivity contribution in [3.8, 4) is 17.2 Å². The third-order valence-electron chi connectivity index (χ3n) is 7.73. The molecule has 50 heavy (non-hydrogen) atoms. The maximum absolute atomic E-state index is 14.2. The van der Waals surface area contributed by atoms with Gasteiger partial charge in [0.05, 0.1) is 42.2 Å². The van der Waals surface area contributed by atoms with Crippen LogP contribution in [0.4, 0.5) is 0 Å². The van der Waals surface area contributed by atoms with E-state index in [1.807, 2.05) is 55.5 Å². The summed E-state index contributed by atoms with van der Waals surface area (Å²) in [7, 11) is 1.27. The van der Waals surface area contributed by atoms with E-state index in [0.29, 0.717) is 51.7 Å². The number of carbonyl (C=O) groups excluding carboxylic acids is 2. The molecule has 10 nitrogen and oxygen atoms in total. The highest BCUT2D eigenvalue weighted by molar-refractivity contribution is 9.10. The van der Waals surface area contributed by atoms with Gasteiger partial charge in [-0.05, 0) is 91.9 Å². The zero-order valence-corrected chi connectivity index (χ0v) is 30.6. The Balaban J connectivity index is 1.57. The van der Waals surface area contributed by atoms with E-state index in [0.717, 1.165) is 26.9 Å². The van der Waals surface area contributed by atoms with Gasteiger partial charge in [0.25, 0.3) is 5.56 Å². The second kappa shape index (κ2) is 16.6. The van der Waals surface area contributed by atoms with E-state index in [-0.39, 0.29) is 24.3 Å². The van der Waals surface area contributed by atoms with Crippen LogP contribution in [0.15, 0.2) is 98.8 Å². The molecule has 12 heteroatoms. The minimum absolute atomic E-state index is 0.146. The summed E-state index contributed by atoms with van der Waals surface area (Å²) in [4.78, 5) is 44.5. The van der Waals surface area contributed by atoms with Crippen molar-refractivity contribution in [1.29, 1.82) is 0 Å². The second-order valence-electron chi connectivity index (χ2n) is 11.1. The zero-order valence-electron chi connectivity index (χ0n) is 28.2. The number of ether oxygens (including phenoxy) is 5. The summed E-state index contributed by atoms with van der Waals surface area (Å²) in [5, 5.41) is 0. The molecule has 1 aromatic heterocycles. The summed E-state index contributed by atoms with van der Waals surface area (Å²) in [6, 6.07) is 17.9. The molecule has 5 rings (SSSR count). The van der Waals surface area contributed by atoms with Crippen molar-refractivity contribution in [3.63, 3.8) is 0 Å². The average molecular weight is 762 g/mol. The van der Waals surface area contributed by atoms with E-state index in [1.54, 1.807) is 38.1 Å². The first kappa shape index (κ1) is 36.3. The number of rotatable bonds is 14. The summed E-state index contributed by atoms with van der Waals surface area (Å²) in [5.41, 5.74) is 3.68. The lowest BCUT2D eigenvalue weighted by Gasteiger charge is -2.25. The molecule has 3 aromatic carbocycles. The number of thiazole rings is 1. The molecule has 0 saturated heterocycles. The van der Waals surface area contributed by atoms with Crippen molar-refractivity contribution in [2.24, 2.45) is 4.99 Å². The van der Waals surface area contributed by atoms with Crippen molar-refractivity contribution in [3.05, 3.63) is 131 Å². The highest BCUT2D eigenvalue weighted by Gasteiger charge is 2.34. The predicted molar refractivity (Wildman–Crippen MR) is 194 cm³/mol. The smallest absolute Gasteiger partial charge is 0.343 e. The number of hydrogen-bond acceptors (Lipinski definition) is 10. The van der Waals surface area contributed by atoms with E-state index < -0.39 is 18.0 Å². The molecule has 0 amide bonds. The van der Waals surface area contributed by atoms with Gasteiger partial charge in [-0.25, -0.2) is 14.6 Å². The normalized spacial score (nSPS) is 14.0. The van der Waals surface area contributed by atoms with Gasteiger partial charge < -0.3 is 23.7 Å². The van der Waals surface area contributed by atoms with Crippen LogP contribution in [-0.4, -0.2) is 43.4 Å². The average Bonchev–Trinajstić information content (AvgIpc) is 3.41. The van der Waals surface area contributed by atoms with Crippen LogP contribution in [0.1, 0.15) is 49.1 Å². The standard InChI is InChI=1S/C38H37BrN2O8S/c1-6-9-26-18-25(12-16-29(26)48-21-24-10-14-28(39)15-11-24)19-32-36(43)41-35(34(37(44)47-8-3)23(4)40-38(41)50-32)27-13-17-30(31(20-27)46-7-2)49-22-33(42)45-5/h6,10-20,35H,1,7-9,21-22H2,2-5H3/b32-19-/t35-/m0/s1. The third-order valence-corrected chi connectivity index (χ3v) is 9.24. The molecule has 0 N–H and O–H groups in total. The maximum Gasteiger partial charge on any atom is 0.343 e. The van der Waals surface area contributed by atoms with Crippen molar-refractivity contribution in [2.75, 3.05) is 26.9 Å². The van der Waals surface area contributed by atoms with Crippen LogP contribution >= 0.6 is 27.3 Å². The van der Waals surface area contributed by atoms with E-state index >= 15 is 0 Å². The highest BCUT2D eigenvalue weighted by atomic mass is 79.9. The molecular weight excluding hydrogens is 724 g/mol. The lowest BCUT2D eigenvalue weighted by atomic mass is 9.95. The number of aromatic nitrogens is 1. The molecule has 0 bridgehead atoms. The van der Waals surface area contributed by atoms with Crippen molar-refractivity contribution < 1.29 is 33.3 Å². The Bertz CT molecular complexity index is 2120. The van der Waals surface area contributed by atoms with E-state index in [4.69, 9.17) is 23.7 Å². The summed E-state index contributed by atoms with van der Waals surface area (Å²) >= 11 is 4.69. The van der Waals surface area contributed by atoms with E-state index in [1.165, 1.54) is 23.0 Å². The Labute approximate surface area is 302 Å². The van der Waals surface area contributed by atoms with E-state index in [9.17, 15) is 14.4 Å². The van der Waals surface area contributed by atoms with Gasteiger partial charge in [-0.15, -0.1) is 6.58 Å². The first-order valence-electron chi connectivity index (χ1n) is 15.9. The van der Waals surface area contributed by atoms with Gasteiger partial charge in [-0.2, -0.15) is 0 Å². The molecule has 0 radical (unpaired) electrons. The van der Waals surface area contributed by atoms with Crippen LogP contribution in [0.3, 0.4) is 0 Å². The lowest BCUT2D eigenvalue weighted by molar-refractivity contribution is -0.143. The second-order valence-corrected chi connectivity index (χ2v) is 13.0. The van der Waals surface area contributed by atoms with Gasteiger partial charge >= 0.3 is 11.9 Å². The van der Waals surface area contributed by atoms with Gasteiger partial charge in [-0.3, -0.25) is 9.36 Å². The van der Waals surface area contributed by atoms with Crippen LogP contribution in [0, 0.1) is 0 Å². The minimum Gasteiger partial charge on any atom is -0.490 e. The SMILES string of the molecule is C=CCc1cc(/C=c2\sc3n(c2=O)[C@@H](c2ccc(OCC(=O)OC)c(OCC)c2)C(C(=O)OCC)=C(C)N=3)ccc1OCc1ccc(Br)cc1. The molecule has 0 aliphatic carbocycles. The molecule has 4 aromatic rings. The molecule has 1 atom stereocenters. The van der Waals surface area contributed by atoms with Crippen LogP contribution in [0.25, 0.3) is 6.08 Å². The highest BCUT2D eigenvalue weighted by Crippen LogP contribution is 2.36. The number of halogens is 1. The summed E-state index contributed by atoms with van der Waals surface area (Å²) < 4.78 is 30.7. The minimum atomic E-state index is -0.868. The predicted octanol–water partition coefficient (Wildman–Crippen LogP) is 5.82. The Morgan fingerprint density at radius 2 is 1.74 bits per heavy atom. The number of hydrogen-bond donors (Lipinski definition) is 0. The fraction of sp³-hybridized carbons (Fsp3) is 0.263. The third kappa shape index (κ3) is 8.26. The first-order chi connectivity index (χ1) is 24.2. The summed E-state index contributed by atoms with van der Waals surface area (Å²) in [6.07, 6.45) is 4.19. The number of esters is 2. The number of allylic oxidation sites excluding steroid dienone is 2. The van der Waals surface area contributed by atoms with Crippen LogP contribution < -0.4 is 29.1 Å². The quantitative estimate of drug-likeness (QED) is 0.117. The first-order valence-corrected chi connectivity index (χ1v) is 17.5. The monoisotopic (exact) mass is 760 g/mol. The number of fused-ring (bicyclic) bond motifs is 1. The topological polar surface area (TPSA) is 115 Å². The molecule has 2 heterocycles. The maximum atomic E-state index is 14.2. The van der Waals surface area contributed by atoms with Crippen LogP contribution in [0.2, 0.25) is 0 Å². The molecule has 0 fully saturated rings. The number of benzene rings is 3. The molecular formula is C38H37BrN2O8S. The number of methoxy groups -OCH3 is 1. The summed E-state index contributed by atoms with van der Waals surface area (Å²) in [5.74, 6) is 0.249. The molecule has 1 aliphatic rings. The Morgan fingerprint density at radius 1 is 0.980 bits per heavy atom. The fourth-order valence-corrected chi connectivity index (χ4v) is 6.73. The van der Waals surface area contributed by atoms with Gasteiger partial charge in [-0.1, -0.05) is 57.6 Å². The fourth-order valence-electron chi connectivity index (χ4n) is 5.42. The van der Waals surface area contributed by atoms with Gasteiger partial charge in [0.1, 0.15) is 12.4 Å². The zero-order chi connectivity index (χ0) is 35.8. The van der Waals surface area contributed by atoms with Crippen LogP contribution in [0.5, 0.6) is 17.2 Å². The summed E-state index contributed by atoms with van der Waals surface area (Å²) in [6.45, 7) is 9.71. The van der Waals surface area contributed by atoms with E-state index in [2.05, 4.69) is 27.5 Å². The van der Waals surface area contributed by atoms with Gasteiger partial charge in [0, 0.05) is 4.47 Å². The lowest BCUT2D eigenvalue weighted by Crippen LogP contribution is -2.40. The molecule has 0 unspecified atom stereocenters. The number of nitrogens with zero attached hydrogens (tertiary/aromatic N) is 2. The van der Waals surface area contributed by atoms with Crippen molar-refractivity contribution in [1.82, 2.24) is 4.57 Å². The molecule has 1 aliphatic heterocycles. The van der Waals surface area contributed by atoms with Crippen LogP contribution in [-0.2, 0) is 32.1 Å². The largest absolute Gasteiger partial charge is 0.490 e. The number of carbonyl (C=O) groups is 2. The Hall–Kier alpha value is -4.94. The molecule has 260 valence electrons. The van der Waals surface area contributed by atoms with Crippen molar-refractivity contribution >= 4 is 45.3 Å². The van der Waals surface area contributed by atoms with Gasteiger partial charge in [0.15, 0.2) is 22.9 Å². The Morgan fingerprint density at radius 3 is 2.44 bits per heavy atom. The molecule has 0 saturated carbocycles. The van der Waals surface area contributed by atoms with Crippen molar-refractivity contribution in [2.45, 2.75) is 39.8 Å². The molecule has 0 spiro atoms. The van der Waals surface area contributed by atoms with Gasteiger partial charge in [0.2, 0.25) is 0 Å².